The molecule has 0 unspecified atom stereocenters. The van der Waals surface area contributed by atoms with E-state index >= 15 is 0 Å². The summed E-state index contributed by atoms with van der Waals surface area (Å²) in [6, 6.07) is 11.1. The molecule has 0 saturated carbocycles. The number of piperidine rings is 1. The first-order chi connectivity index (χ1) is 15.4. The maximum atomic E-state index is 13.7. The topological polar surface area (TPSA) is 68.7 Å². The maximum Gasteiger partial charge on any atom is 0.254 e. The number of rotatable bonds is 5. The summed E-state index contributed by atoms with van der Waals surface area (Å²) in [7, 11) is 3.07. The number of halogens is 1. The minimum atomic E-state index is -0.396. The lowest BCUT2D eigenvalue weighted by atomic mass is 9.89. The Hall–Kier alpha value is -3.48. The van der Waals surface area contributed by atoms with Crippen molar-refractivity contribution in [3.8, 4) is 11.5 Å². The van der Waals surface area contributed by atoms with Gasteiger partial charge >= 0.3 is 0 Å². The third-order valence-electron chi connectivity index (χ3n) is 5.88. The van der Waals surface area contributed by atoms with E-state index < -0.39 is 5.82 Å². The molecule has 1 amide bonds. The number of hydrogen-bond acceptors (Lipinski definition) is 5. The lowest BCUT2D eigenvalue weighted by Crippen LogP contribution is -2.42. The standard InChI is InChI=1S/C25H25FN2O4/c1-15-11-20(19-8-7-18(26)13-21(19)27-15)25(30)28-10-4-5-17(14-28)24(29)16-6-9-22(31-2)23(12-16)32-3/h6-9,11-13,17H,4-5,10,14H2,1-3H3/t17-/m0/s1. The molecule has 0 radical (unpaired) electrons. The summed E-state index contributed by atoms with van der Waals surface area (Å²) in [5.41, 5.74) is 2.10. The van der Waals surface area contributed by atoms with Gasteiger partial charge in [-0.25, -0.2) is 4.39 Å². The van der Waals surface area contributed by atoms with Gasteiger partial charge in [-0.3, -0.25) is 14.6 Å². The van der Waals surface area contributed by atoms with Crippen LogP contribution in [0.3, 0.4) is 0 Å². The molecule has 0 aliphatic carbocycles. The summed E-state index contributed by atoms with van der Waals surface area (Å²) in [5, 5.41) is 0.607. The molecule has 166 valence electrons. The van der Waals surface area contributed by atoms with E-state index in [1.54, 1.807) is 49.3 Å². The summed E-state index contributed by atoms with van der Waals surface area (Å²) in [6.07, 6.45) is 1.43. The van der Waals surface area contributed by atoms with Crippen molar-refractivity contribution in [1.82, 2.24) is 9.88 Å². The Kier molecular flexibility index (Phi) is 6.08. The predicted octanol–water partition coefficient (Wildman–Crippen LogP) is 4.43. The van der Waals surface area contributed by atoms with E-state index in [1.807, 2.05) is 0 Å². The minimum Gasteiger partial charge on any atom is -0.493 e. The molecule has 32 heavy (non-hydrogen) atoms. The fourth-order valence-electron chi connectivity index (χ4n) is 4.28. The Bertz CT molecular complexity index is 1190. The average Bonchev–Trinajstić information content (AvgIpc) is 2.81. The van der Waals surface area contributed by atoms with E-state index in [1.165, 1.54) is 19.2 Å². The largest absolute Gasteiger partial charge is 0.493 e. The molecule has 0 N–H and O–H groups in total. The maximum absolute atomic E-state index is 13.7. The van der Waals surface area contributed by atoms with Crippen LogP contribution in [0.2, 0.25) is 0 Å². The Morgan fingerprint density at radius 1 is 1.06 bits per heavy atom. The van der Waals surface area contributed by atoms with Crippen molar-refractivity contribution in [2.24, 2.45) is 5.92 Å². The Morgan fingerprint density at radius 3 is 2.59 bits per heavy atom. The van der Waals surface area contributed by atoms with E-state index in [9.17, 15) is 14.0 Å². The summed E-state index contributed by atoms with van der Waals surface area (Å²) in [5.74, 6) is 0.150. The third kappa shape index (κ3) is 4.15. The van der Waals surface area contributed by atoms with E-state index in [0.717, 1.165) is 6.42 Å². The van der Waals surface area contributed by atoms with Crippen molar-refractivity contribution in [3.63, 3.8) is 0 Å². The zero-order valence-electron chi connectivity index (χ0n) is 18.4. The molecule has 2 aromatic carbocycles. The second-order valence-electron chi connectivity index (χ2n) is 8.00. The number of carbonyl (C=O) groups excluding carboxylic acids is 2. The van der Waals surface area contributed by atoms with Crippen molar-refractivity contribution in [2.45, 2.75) is 19.8 Å². The highest BCUT2D eigenvalue weighted by atomic mass is 19.1. The lowest BCUT2D eigenvalue weighted by Gasteiger charge is -2.32. The second kappa shape index (κ2) is 8.94. The number of hydrogen-bond donors (Lipinski definition) is 0. The lowest BCUT2D eigenvalue weighted by molar-refractivity contribution is 0.0638. The van der Waals surface area contributed by atoms with E-state index in [-0.39, 0.29) is 17.6 Å². The number of carbonyl (C=O) groups is 2. The summed E-state index contributed by atoms with van der Waals surface area (Å²) >= 11 is 0. The van der Waals surface area contributed by atoms with Crippen LogP contribution < -0.4 is 9.47 Å². The van der Waals surface area contributed by atoms with Gasteiger partial charge in [0.25, 0.3) is 5.91 Å². The van der Waals surface area contributed by atoms with Gasteiger partial charge in [0.05, 0.1) is 25.3 Å². The van der Waals surface area contributed by atoms with Crippen LogP contribution >= 0.6 is 0 Å². The quantitative estimate of drug-likeness (QED) is 0.554. The van der Waals surface area contributed by atoms with E-state index in [0.29, 0.717) is 58.7 Å². The number of Topliss-reactive ketones (excluding diaryl/α,β-unsaturated/α-hetero) is 1. The molecule has 3 aromatic rings. The molecule has 1 aromatic heterocycles. The van der Waals surface area contributed by atoms with Gasteiger partial charge in [-0.05, 0) is 56.2 Å². The number of ketones is 1. The van der Waals surface area contributed by atoms with Crippen LogP contribution in [0, 0.1) is 18.7 Å². The third-order valence-corrected chi connectivity index (χ3v) is 5.88. The van der Waals surface area contributed by atoms with Crippen molar-refractivity contribution in [3.05, 3.63) is 65.1 Å². The van der Waals surface area contributed by atoms with Crippen molar-refractivity contribution < 1.29 is 23.5 Å². The number of nitrogens with zero attached hydrogens (tertiary/aromatic N) is 2. The van der Waals surface area contributed by atoms with E-state index in [2.05, 4.69) is 4.98 Å². The molecule has 7 heteroatoms. The number of fused-ring (bicyclic) bond motifs is 1. The molecule has 1 fully saturated rings. The molecule has 2 heterocycles. The fraction of sp³-hybridized carbons (Fsp3) is 0.320. The van der Waals surface area contributed by atoms with Crippen LogP contribution in [0.1, 0.15) is 39.3 Å². The van der Waals surface area contributed by atoms with Crippen molar-refractivity contribution in [2.75, 3.05) is 27.3 Å². The SMILES string of the molecule is COc1ccc(C(=O)[C@H]2CCCN(C(=O)c3cc(C)nc4cc(F)ccc34)C2)cc1OC. The van der Waals surface area contributed by atoms with Gasteiger partial charge in [0.15, 0.2) is 17.3 Å². The van der Waals surface area contributed by atoms with Gasteiger partial charge in [-0.2, -0.15) is 0 Å². The van der Waals surface area contributed by atoms with Gasteiger partial charge in [-0.15, -0.1) is 0 Å². The van der Waals surface area contributed by atoms with Gasteiger partial charge in [0.1, 0.15) is 5.82 Å². The number of likely N-dealkylation sites (tertiary alicyclic amines) is 1. The van der Waals surface area contributed by atoms with Gasteiger partial charge in [0.2, 0.25) is 0 Å². The predicted molar refractivity (Wildman–Crippen MR) is 119 cm³/mol. The highest BCUT2D eigenvalue weighted by Crippen LogP contribution is 2.30. The van der Waals surface area contributed by atoms with Crippen LogP contribution in [0.15, 0.2) is 42.5 Å². The van der Waals surface area contributed by atoms with Crippen LogP contribution in [-0.4, -0.2) is 48.9 Å². The minimum absolute atomic E-state index is 0.0266. The monoisotopic (exact) mass is 436 g/mol. The van der Waals surface area contributed by atoms with Crippen LogP contribution in [0.5, 0.6) is 11.5 Å². The molecule has 6 nitrogen and oxygen atoms in total. The Labute approximate surface area is 186 Å². The summed E-state index contributed by atoms with van der Waals surface area (Å²) < 4.78 is 24.2. The molecule has 4 rings (SSSR count). The normalized spacial score (nSPS) is 16.1. The molecule has 1 aliphatic rings. The van der Waals surface area contributed by atoms with Gasteiger partial charge < -0.3 is 14.4 Å². The van der Waals surface area contributed by atoms with Crippen molar-refractivity contribution >= 4 is 22.6 Å². The summed E-state index contributed by atoms with van der Waals surface area (Å²) in [4.78, 5) is 32.6. The second-order valence-corrected chi connectivity index (χ2v) is 8.00. The van der Waals surface area contributed by atoms with E-state index in [4.69, 9.17) is 9.47 Å². The summed E-state index contributed by atoms with van der Waals surface area (Å²) in [6.45, 7) is 2.68. The number of methoxy groups -OCH3 is 2. The van der Waals surface area contributed by atoms with Crippen molar-refractivity contribution in [1.29, 1.82) is 0 Å². The molecular weight excluding hydrogens is 411 g/mol. The number of benzene rings is 2. The molecule has 1 saturated heterocycles. The van der Waals surface area contributed by atoms with Gasteiger partial charge in [-0.1, -0.05) is 0 Å². The first kappa shape index (κ1) is 21.7. The number of aromatic nitrogens is 1. The molecule has 0 bridgehead atoms. The Morgan fingerprint density at radius 2 is 1.84 bits per heavy atom. The zero-order chi connectivity index (χ0) is 22.8. The average molecular weight is 436 g/mol. The molecule has 1 atom stereocenters. The molecule has 0 spiro atoms. The molecule has 1 aliphatic heterocycles. The highest BCUT2D eigenvalue weighted by molar-refractivity contribution is 6.06. The number of aryl methyl sites for hydroxylation is 1. The van der Waals surface area contributed by atoms with Crippen LogP contribution in [-0.2, 0) is 0 Å². The molecular formula is C25H25FN2O4. The number of pyridine rings is 1. The number of amides is 1. The van der Waals surface area contributed by atoms with Gasteiger partial charge in [0, 0.05) is 41.7 Å². The zero-order valence-corrected chi connectivity index (χ0v) is 18.4. The fourth-order valence-corrected chi connectivity index (χ4v) is 4.28. The Balaban J connectivity index is 1.59. The highest BCUT2D eigenvalue weighted by Gasteiger charge is 2.30. The first-order valence-corrected chi connectivity index (χ1v) is 10.5. The first-order valence-electron chi connectivity index (χ1n) is 10.5. The van der Waals surface area contributed by atoms with Crippen LogP contribution in [0.4, 0.5) is 4.39 Å². The smallest absolute Gasteiger partial charge is 0.254 e. The number of ether oxygens (including phenoxy) is 2. The van der Waals surface area contributed by atoms with Crippen LogP contribution in [0.25, 0.3) is 10.9 Å².